The summed E-state index contributed by atoms with van der Waals surface area (Å²) in [6.07, 6.45) is 0.711. The molecule has 1 aromatic rings. The zero-order chi connectivity index (χ0) is 12.8. The predicted molar refractivity (Wildman–Crippen MR) is 63.2 cm³/mol. The molecule has 0 radical (unpaired) electrons. The molecule has 0 aliphatic rings. The van der Waals surface area contributed by atoms with Gasteiger partial charge in [0.25, 0.3) is 5.91 Å². The van der Waals surface area contributed by atoms with E-state index < -0.39 is 11.7 Å². The van der Waals surface area contributed by atoms with Gasteiger partial charge >= 0.3 is 0 Å². The van der Waals surface area contributed by atoms with Crippen LogP contribution in [0.5, 0.6) is 0 Å². The second-order valence-electron chi connectivity index (χ2n) is 3.51. The lowest BCUT2D eigenvalue weighted by Crippen LogP contribution is -2.32. The number of hydrogen-bond donors (Lipinski definition) is 0. The third kappa shape index (κ3) is 3.43. The molecule has 1 rings (SSSR count). The zero-order valence-corrected chi connectivity index (χ0v) is 10.2. The molecule has 0 unspecified atom stereocenters. The van der Waals surface area contributed by atoms with Crippen LogP contribution in [-0.2, 0) is 0 Å². The summed E-state index contributed by atoms with van der Waals surface area (Å²) in [6, 6.07) is 5.77. The monoisotopic (exact) mass is 254 g/mol. The molecule has 17 heavy (non-hydrogen) atoms. The first-order valence-corrected chi connectivity index (χ1v) is 5.59. The number of carbonyl (C=O) groups excluding carboxylic acids is 1. The first-order valence-electron chi connectivity index (χ1n) is 5.21. The lowest BCUT2D eigenvalue weighted by molar-refractivity contribution is 0.0771. The maximum Gasteiger partial charge on any atom is 0.257 e. The molecular weight excluding hydrogens is 243 g/mol. The van der Waals surface area contributed by atoms with E-state index in [1.54, 1.807) is 0 Å². The number of benzene rings is 1. The first kappa shape index (κ1) is 13.5. The van der Waals surface area contributed by atoms with Crippen molar-refractivity contribution in [1.82, 2.24) is 4.90 Å². The Morgan fingerprint density at radius 1 is 1.59 bits per heavy atom. The van der Waals surface area contributed by atoms with Gasteiger partial charge in [0, 0.05) is 11.6 Å². The van der Waals surface area contributed by atoms with Crippen LogP contribution in [0.15, 0.2) is 18.2 Å². The molecule has 1 amide bonds. The van der Waals surface area contributed by atoms with Crippen LogP contribution >= 0.6 is 11.6 Å². The van der Waals surface area contributed by atoms with Gasteiger partial charge in [0.05, 0.1) is 11.6 Å². The summed E-state index contributed by atoms with van der Waals surface area (Å²) in [4.78, 5) is 13.3. The average molecular weight is 255 g/mol. The topological polar surface area (TPSA) is 44.1 Å². The molecule has 1 aromatic carbocycles. The Hall–Kier alpha value is -1.60. The number of rotatable bonds is 4. The highest BCUT2D eigenvalue weighted by Crippen LogP contribution is 2.16. The minimum Gasteiger partial charge on any atom is -0.325 e. The quantitative estimate of drug-likeness (QED) is 0.776. The van der Waals surface area contributed by atoms with Crippen molar-refractivity contribution < 1.29 is 9.18 Å². The van der Waals surface area contributed by atoms with Crippen LogP contribution in [0.1, 0.15) is 23.7 Å². The van der Waals surface area contributed by atoms with E-state index in [2.05, 4.69) is 0 Å². The molecule has 0 heterocycles. The van der Waals surface area contributed by atoms with Gasteiger partial charge in [-0.05, 0) is 24.6 Å². The normalized spacial score (nSPS) is 9.76. The Morgan fingerprint density at radius 2 is 2.29 bits per heavy atom. The van der Waals surface area contributed by atoms with Gasteiger partial charge < -0.3 is 4.90 Å². The first-order chi connectivity index (χ1) is 8.10. The minimum atomic E-state index is -0.665. The Morgan fingerprint density at radius 3 is 2.82 bits per heavy atom. The van der Waals surface area contributed by atoms with Gasteiger partial charge in [0.15, 0.2) is 0 Å². The van der Waals surface area contributed by atoms with Crippen LogP contribution in [0.2, 0.25) is 5.02 Å². The number of carbonyl (C=O) groups is 1. The van der Waals surface area contributed by atoms with Gasteiger partial charge in [-0.15, -0.1) is 0 Å². The van der Waals surface area contributed by atoms with E-state index in [0.717, 1.165) is 6.07 Å². The van der Waals surface area contributed by atoms with Gasteiger partial charge in [0.2, 0.25) is 0 Å². The van der Waals surface area contributed by atoms with Crippen molar-refractivity contribution in [3.63, 3.8) is 0 Å². The summed E-state index contributed by atoms with van der Waals surface area (Å²) in [5.41, 5.74) is -0.0573. The molecule has 0 spiro atoms. The highest BCUT2D eigenvalue weighted by molar-refractivity contribution is 6.30. The average Bonchev–Trinajstić information content (AvgIpc) is 2.28. The van der Waals surface area contributed by atoms with Crippen LogP contribution in [0, 0.1) is 17.1 Å². The molecule has 0 saturated heterocycles. The smallest absolute Gasteiger partial charge is 0.257 e. The van der Waals surface area contributed by atoms with E-state index in [-0.39, 0.29) is 17.1 Å². The van der Waals surface area contributed by atoms with Crippen molar-refractivity contribution in [2.75, 3.05) is 13.1 Å². The van der Waals surface area contributed by atoms with Crippen LogP contribution in [0.25, 0.3) is 0 Å². The molecule has 0 bridgehead atoms. The van der Waals surface area contributed by atoms with E-state index in [4.69, 9.17) is 16.9 Å². The fraction of sp³-hybridized carbons (Fsp3) is 0.333. The number of nitriles is 1. The summed E-state index contributed by atoms with van der Waals surface area (Å²) >= 11 is 5.61. The third-order valence-electron chi connectivity index (χ3n) is 2.20. The Kier molecular flexibility index (Phi) is 4.92. The summed E-state index contributed by atoms with van der Waals surface area (Å²) in [5.74, 6) is -1.15. The summed E-state index contributed by atoms with van der Waals surface area (Å²) in [7, 11) is 0. The van der Waals surface area contributed by atoms with E-state index >= 15 is 0 Å². The van der Waals surface area contributed by atoms with Crippen LogP contribution in [0.4, 0.5) is 4.39 Å². The van der Waals surface area contributed by atoms with Gasteiger partial charge in [-0.1, -0.05) is 18.5 Å². The molecule has 0 fully saturated rings. The van der Waals surface area contributed by atoms with Crippen molar-refractivity contribution in [3.05, 3.63) is 34.6 Å². The van der Waals surface area contributed by atoms with Crippen molar-refractivity contribution in [2.45, 2.75) is 13.3 Å². The fourth-order valence-corrected chi connectivity index (χ4v) is 1.60. The van der Waals surface area contributed by atoms with E-state index in [1.807, 2.05) is 13.0 Å². The second-order valence-corrected chi connectivity index (χ2v) is 3.95. The van der Waals surface area contributed by atoms with Crippen LogP contribution < -0.4 is 0 Å². The number of amides is 1. The maximum atomic E-state index is 13.5. The van der Waals surface area contributed by atoms with Gasteiger partial charge in [-0.25, -0.2) is 4.39 Å². The lowest BCUT2D eigenvalue weighted by Gasteiger charge is -2.18. The Balaban J connectivity index is 2.97. The SMILES string of the molecule is CCCN(CC#N)C(=O)c1ccc(Cl)cc1F. The fourth-order valence-electron chi connectivity index (χ4n) is 1.44. The van der Waals surface area contributed by atoms with Crippen molar-refractivity contribution in [3.8, 4) is 6.07 Å². The third-order valence-corrected chi connectivity index (χ3v) is 2.44. The van der Waals surface area contributed by atoms with Gasteiger partial charge in [-0.3, -0.25) is 4.79 Å². The van der Waals surface area contributed by atoms with Crippen LogP contribution in [0.3, 0.4) is 0 Å². The molecule has 0 N–H and O–H groups in total. The lowest BCUT2D eigenvalue weighted by atomic mass is 10.2. The number of halogens is 2. The molecular formula is C12H12ClFN2O. The summed E-state index contributed by atoms with van der Waals surface area (Å²) in [5, 5.41) is 8.85. The maximum absolute atomic E-state index is 13.5. The zero-order valence-electron chi connectivity index (χ0n) is 9.41. The molecule has 0 saturated carbocycles. The van der Waals surface area contributed by atoms with Gasteiger partial charge in [-0.2, -0.15) is 5.26 Å². The summed E-state index contributed by atoms with van der Waals surface area (Å²) < 4.78 is 13.5. The molecule has 0 aliphatic carbocycles. The standard InChI is InChI=1S/C12H12ClFN2O/c1-2-6-16(7-5-15)12(17)10-4-3-9(13)8-11(10)14/h3-4,8H,2,6-7H2,1H3. The molecule has 0 aromatic heterocycles. The molecule has 0 aliphatic heterocycles. The number of hydrogen-bond acceptors (Lipinski definition) is 2. The van der Waals surface area contributed by atoms with E-state index in [0.29, 0.717) is 13.0 Å². The molecule has 90 valence electrons. The van der Waals surface area contributed by atoms with E-state index in [1.165, 1.54) is 17.0 Å². The Labute approximate surface area is 104 Å². The largest absolute Gasteiger partial charge is 0.325 e. The van der Waals surface area contributed by atoms with Crippen LogP contribution in [-0.4, -0.2) is 23.9 Å². The minimum absolute atomic E-state index is 0.0469. The summed E-state index contributed by atoms with van der Waals surface area (Å²) in [6.45, 7) is 2.26. The van der Waals surface area contributed by atoms with Crippen molar-refractivity contribution in [1.29, 1.82) is 5.26 Å². The Bertz CT molecular complexity index is 456. The molecule has 0 atom stereocenters. The highest BCUT2D eigenvalue weighted by atomic mass is 35.5. The second kappa shape index (κ2) is 6.21. The predicted octanol–water partition coefficient (Wildman–Crippen LogP) is 2.85. The highest BCUT2D eigenvalue weighted by Gasteiger charge is 2.18. The van der Waals surface area contributed by atoms with Crippen molar-refractivity contribution >= 4 is 17.5 Å². The van der Waals surface area contributed by atoms with Crippen molar-refractivity contribution in [2.24, 2.45) is 0 Å². The molecule has 3 nitrogen and oxygen atoms in total. The molecule has 5 heteroatoms. The van der Waals surface area contributed by atoms with Gasteiger partial charge in [0.1, 0.15) is 12.4 Å². The number of nitrogens with zero attached hydrogens (tertiary/aromatic N) is 2. The van der Waals surface area contributed by atoms with E-state index in [9.17, 15) is 9.18 Å².